The van der Waals surface area contributed by atoms with E-state index in [1.165, 1.54) is 6.20 Å². The van der Waals surface area contributed by atoms with Crippen LogP contribution in [-0.2, 0) is 14.6 Å². The van der Waals surface area contributed by atoms with Crippen LogP contribution in [0.25, 0.3) is 0 Å². The van der Waals surface area contributed by atoms with E-state index in [0.29, 0.717) is 5.56 Å². The third-order valence-electron chi connectivity index (χ3n) is 3.59. The highest BCUT2D eigenvalue weighted by molar-refractivity contribution is 7.91. The molecule has 0 saturated heterocycles. The van der Waals surface area contributed by atoms with Gasteiger partial charge in [-0.1, -0.05) is 23.8 Å². The molecule has 2 rings (SSSR count). The number of alkyl halides is 1. The molecule has 1 aromatic carbocycles. The average molecular weight is 367 g/mol. The zero-order valence-electron chi connectivity index (χ0n) is 13.3. The molecule has 0 bridgehead atoms. The van der Waals surface area contributed by atoms with Crippen LogP contribution in [0.4, 0.5) is 0 Å². The summed E-state index contributed by atoms with van der Waals surface area (Å²) in [6.07, 6.45) is 3.22. The molecule has 1 atom stereocenters. The lowest BCUT2D eigenvalue weighted by Gasteiger charge is -2.18. The normalized spacial score (nSPS) is 12.6. The number of sulfone groups is 1. The molecular formula is C17H19ClN2O3S. The molecule has 2 aromatic rings. The summed E-state index contributed by atoms with van der Waals surface area (Å²) in [5.41, 5.74) is 1.51. The van der Waals surface area contributed by atoms with Gasteiger partial charge in [-0.3, -0.25) is 9.78 Å². The molecule has 0 fully saturated rings. The number of halogens is 1. The van der Waals surface area contributed by atoms with Crippen molar-refractivity contribution < 1.29 is 13.2 Å². The SMILES string of the molecule is Cc1ccc(S(=O)(=O)C(CNC(=O)CCCl)c2cccnc2)cc1. The summed E-state index contributed by atoms with van der Waals surface area (Å²) < 4.78 is 26.0. The summed E-state index contributed by atoms with van der Waals surface area (Å²) in [6, 6.07) is 10.0. The van der Waals surface area contributed by atoms with Crippen molar-refractivity contribution in [3.05, 3.63) is 59.9 Å². The molecule has 7 heteroatoms. The molecule has 0 radical (unpaired) electrons. The number of pyridine rings is 1. The average Bonchev–Trinajstić information content (AvgIpc) is 2.56. The van der Waals surface area contributed by atoms with E-state index in [1.807, 2.05) is 6.92 Å². The van der Waals surface area contributed by atoms with Gasteiger partial charge in [0.2, 0.25) is 5.91 Å². The maximum Gasteiger partial charge on any atom is 0.221 e. The van der Waals surface area contributed by atoms with Gasteiger partial charge in [-0.25, -0.2) is 8.42 Å². The zero-order valence-corrected chi connectivity index (χ0v) is 14.8. The van der Waals surface area contributed by atoms with E-state index in [1.54, 1.807) is 42.6 Å². The van der Waals surface area contributed by atoms with Crippen LogP contribution < -0.4 is 5.32 Å². The molecule has 1 amide bonds. The standard InChI is InChI=1S/C17H19ClN2O3S/c1-13-4-6-15(7-5-13)24(22,23)16(12-20-17(21)8-9-18)14-3-2-10-19-11-14/h2-7,10-11,16H,8-9,12H2,1H3,(H,20,21). The van der Waals surface area contributed by atoms with E-state index in [2.05, 4.69) is 10.3 Å². The van der Waals surface area contributed by atoms with Crippen LogP contribution in [0.3, 0.4) is 0 Å². The van der Waals surface area contributed by atoms with Crippen molar-refractivity contribution >= 4 is 27.3 Å². The number of benzene rings is 1. The van der Waals surface area contributed by atoms with Crippen molar-refractivity contribution in [2.75, 3.05) is 12.4 Å². The summed E-state index contributed by atoms with van der Waals surface area (Å²) in [5, 5.41) is 1.73. The van der Waals surface area contributed by atoms with Crippen LogP contribution in [0.1, 0.15) is 22.8 Å². The lowest BCUT2D eigenvalue weighted by Crippen LogP contribution is -2.32. The maximum absolute atomic E-state index is 13.0. The van der Waals surface area contributed by atoms with Crippen LogP contribution in [0, 0.1) is 6.92 Å². The van der Waals surface area contributed by atoms with Crippen molar-refractivity contribution in [3.63, 3.8) is 0 Å². The van der Waals surface area contributed by atoms with Gasteiger partial charge >= 0.3 is 0 Å². The van der Waals surface area contributed by atoms with E-state index in [-0.39, 0.29) is 29.6 Å². The van der Waals surface area contributed by atoms with Gasteiger partial charge in [0.05, 0.1) is 4.90 Å². The van der Waals surface area contributed by atoms with Crippen LogP contribution in [0.5, 0.6) is 0 Å². The molecular weight excluding hydrogens is 348 g/mol. The third-order valence-corrected chi connectivity index (χ3v) is 5.89. The molecule has 0 aliphatic rings. The van der Waals surface area contributed by atoms with Crippen molar-refractivity contribution in [2.45, 2.75) is 23.5 Å². The first-order valence-corrected chi connectivity index (χ1v) is 9.56. The molecule has 1 aromatic heterocycles. The van der Waals surface area contributed by atoms with Crippen molar-refractivity contribution in [3.8, 4) is 0 Å². The van der Waals surface area contributed by atoms with Gasteiger partial charge in [0.15, 0.2) is 9.84 Å². The minimum Gasteiger partial charge on any atom is -0.354 e. The van der Waals surface area contributed by atoms with Gasteiger partial charge in [-0.05, 0) is 30.7 Å². The molecule has 0 aliphatic heterocycles. The van der Waals surface area contributed by atoms with Crippen molar-refractivity contribution in [1.82, 2.24) is 10.3 Å². The molecule has 0 aliphatic carbocycles. The summed E-state index contributed by atoms with van der Waals surface area (Å²) >= 11 is 5.54. The Hall–Kier alpha value is -1.92. The summed E-state index contributed by atoms with van der Waals surface area (Å²) in [7, 11) is -3.67. The Labute approximate surface area is 147 Å². The van der Waals surface area contributed by atoms with Gasteiger partial charge in [-0.15, -0.1) is 11.6 Å². The Bertz CT molecular complexity index is 777. The number of aryl methyl sites for hydroxylation is 1. The summed E-state index contributed by atoms with van der Waals surface area (Å²) in [6.45, 7) is 1.86. The van der Waals surface area contributed by atoms with E-state index in [9.17, 15) is 13.2 Å². The van der Waals surface area contributed by atoms with Crippen LogP contribution in [-0.4, -0.2) is 31.7 Å². The first kappa shape index (κ1) is 18.4. The van der Waals surface area contributed by atoms with E-state index >= 15 is 0 Å². The number of carbonyl (C=O) groups excluding carboxylic acids is 1. The molecule has 1 unspecified atom stereocenters. The first-order chi connectivity index (χ1) is 11.4. The minimum absolute atomic E-state index is 0.0301. The number of hydrogen-bond acceptors (Lipinski definition) is 4. The van der Waals surface area contributed by atoms with Crippen LogP contribution in [0.2, 0.25) is 0 Å². The summed E-state index contributed by atoms with van der Waals surface area (Å²) in [5.74, 6) is -0.0910. The number of aromatic nitrogens is 1. The van der Waals surface area contributed by atoms with Gasteiger partial charge in [0.1, 0.15) is 5.25 Å². The fraction of sp³-hybridized carbons (Fsp3) is 0.294. The highest BCUT2D eigenvalue weighted by atomic mass is 35.5. The predicted octanol–water partition coefficient (Wildman–Crippen LogP) is 2.65. The lowest BCUT2D eigenvalue weighted by molar-refractivity contribution is -0.120. The smallest absolute Gasteiger partial charge is 0.221 e. The highest BCUT2D eigenvalue weighted by Crippen LogP contribution is 2.28. The number of nitrogens with one attached hydrogen (secondary N) is 1. The molecule has 128 valence electrons. The van der Waals surface area contributed by atoms with Crippen molar-refractivity contribution in [2.24, 2.45) is 0 Å². The number of rotatable bonds is 7. The van der Waals surface area contributed by atoms with E-state index in [4.69, 9.17) is 11.6 Å². The molecule has 1 heterocycles. The van der Waals surface area contributed by atoms with Gasteiger partial charge < -0.3 is 5.32 Å². The molecule has 1 N–H and O–H groups in total. The molecule has 5 nitrogen and oxygen atoms in total. The van der Waals surface area contributed by atoms with E-state index in [0.717, 1.165) is 5.56 Å². The predicted molar refractivity (Wildman–Crippen MR) is 93.7 cm³/mol. The first-order valence-electron chi connectivity index (χ1n) is 7.48. The lowest BCUT2D eigenvalue weighted by atomic mass is 10.2. The fourth-order valence-electron chi connectivity index (χ4n) is 2.25. The maximum atomic E-state index is 13.0. The largest absolute Gasteiger partial charge is 0.354 e. The number of carbonyl (C=O) groups is 1. The second kappa shape index (κ2) is 8.26. The Kier molecular flexibility index (Phi) is 6.34. The van der Waals surface area contributed by atoms with E-state index < -0.39 is 15.1 Å². The zero-order chi connectivity index (χ0) is 17.6. The Balaban J connectivity index is 2.34. The Morgan fingerprint density at radius 1 is 1.25 bits per heavy atom. The van der Waals surface area contributed by atoms with Crippen LogP contribution >= 0.6 is 11.6 Å². The Morgan fingerprint density at radius 3 is 2.54 bits per heavy atom. The molecule has 24 heavy (non-hydrogen) atoms. The monoisotopic (exact) mass is 366 g/mol. The number of nitrogens with zero attached hydrogens (tertiary/aromatic N) is 1. The number of amides is 1. The molecule has 0 saturated carbocycles. The summed E-state index contributed by atoms with van der Waals surface area (Å²) in [4.78, 5) is 15.9. The third kappa shape index (κ3) is 4.55. The second-order valence-corrected chi connectivity index (χ2v) is 7.88. The minimum atomic E-state index is -3.67. The topological polar surface area (TPSA) is 76.1 Å². The molecule has 0 spiro atoms. The Morgan fingerprint density at radius 2 is 1.96 bits per heavy atom. The van der Waals surface area contributed by atoms with Gasteiger partial charge in [0.25, 0.3) is 0 Å². The van der Waals surface area contributed by atoms with Gasteiger partial charge in [0, 0.05) is 31.2 Å². The van der Waals surface area contributed by atoms with Crippen LogP contribution in [0.15, 0.2) is 53.7 Å². The van der Waals surface area contributed by atoms with Crippen molar-refractivity contribution in [1.29, 1.82) is 0 Å². The fourth-order valence-corrected chi connectivity index (χ4v) is 4.06. The highest BCUT2D eigenvalue weighted by Gasteiger charge is 2.29. The quantitative estimate of drug-likeness (QED) is 0.764. The second-order valence-electron chi connectivity index (χ2n) is 5.38. The number of hydrogen-bond donors (Lipinski definition) is 1. The van der Waals surface area contributed by atoms with Gasteiger partial charge in [-0.2, -0.15) is 0 Å².